The average Bonchev–Trinajstić information content (AvgIpc) is 3.13. The molecule has 1 fully saturated rings. The van der Waals surface area contributed by atoms with Gasteiger partial charge in [0.25, 0.3) is 5.91 Å². The number of alkyl halides is 1. The van der Waals surface area contributed by atoms with E-state index in [-0.39, 0.29) is 11.3 Å². The molecule has 17 heavy (non-hydrogen) atoms. The van der Waals surface area contributed by atoms with Crippen molar-refractivity contribution in [2.45, 2.75) is 18.2 Å². The van der Waals surface area contributed by atoms with Gasteiger partial charge < -0.3 is 5.32 Å². The maximum atomic E-state index is 13.2. The molecular formula is C12H12BrClFNO. The molecule has 1 N–H and O–H groups in total. The van der Waals surface area contributed by atoms with E-state index < -0.39 is 5.82 Å². The van der Waals surface area contributed by atoms with Gasteiger partial charge in [-0.05, 0) is 52.9 Å². The summed E-state index contributed by atoms with van der Waals surface area (Å²) in [7, 11) is 0. The third-order valence-electron chi connectivity index (χ3n) is 2.77. The van der Waals surface area contributed by atoms with Gasteiger partial charge in [-0.25, -0.2) is 4.39 Å². The Bertz CT molecular complexity index is 437. The fraction of sp³-hybridized carbons (Fsp3) is 0.417. The largest absolute Gasteiger partial charge is 0.351 e. The van der Waals surface area contributed by atoms with E-state index in [2.05, 4.69) is 21.2 Å². The Hall–Kier alpha value is -0.610. The van der Waals surface area contributed by atoms with Crippen LogP contribution in [0.15, 0.2) is 22.7 Å². The zero-order chi connectivity index (χ0) is 12.4. The molecule has 1 aromatic carbocycles. The second-order valence-corrected chi connectivity index (χ2v) is 5.61. The van der Waals surface area contributed by atoms with E-state index >= 15 is 0 Å². The van der Waals surface area contributed by atoms with Gasteiger partial charge in [-0.1, -0.05) is 0 Å². The monoisotopic (exact) mass is 319 g/mol. The van der Waals surface area contributed by atoms with Crippen LogP contribution in [0.1, 0.15) is 23.2 Å². The third kappa shape index (κ3) is 3.42. The molecule has 5 heteroatoms. The second kappa shape index (κ2) is 5.36. The summed E-state index contributed by atoms with van der Waals surface area (Å²) in [6.45, 7) is 0.433. The molecule has 2 rings (SSSR count). The van der Waals surface area contributed by atoms with Crippen molar-refractivity contribution in [2.24, 2.45) is 5.92 Å². The average molecular weight is 321 g/mol. The van der Waals surface area contributed by atoms with Crippen molar-refractivity contribution < 1.29 is 9.18 Å². The first kappa shape index (κ1) is 12.8. The van der Waals surface area contributed by atoms with Crippen LogP contribution in [0.5, 0.6) is 0 Å². The molecule has 0 spiro atoms. The number of carbonyl (C=O) groups excluding carboxylic acids is 1. The lowest BCUT2D eigenvalue weighted by Crippen LogP contribution is -2.30. The molecule has 2 nitrogen and oxygen atoms in total. The summed E-state index contributed by atoms with van der Waals surface area (Å²) >= 11 is 9.11. The zero-order valence-electron chi connectivity index (χ0n) is 9.05. The van der Waals surface area contributed by atoms with Gasteiger partial charge in [0.05, 0.1) is 9.85 Å². The van der Waals surface area contributed by atoms with Crippen LogP contribution in [0.4, 0.5) is 4.39 Å². The van der Waals surface area contributed by atoms with Crippen LogP contribution >= 0.6 is 27.5 Å². The van der Waals surface area contributed by atoms with Crippen molar-refractivity contribution in [3.8, 4) is 0 Å². The predicted molar refractivity (Wildman–Crippen MR) is 68.8 cm³/mol. The molecule has 1 saturated carbocycles. The van der Waals surface area contributed by atoms with E-state index in [0.717, 1.165) is 12.8 Å². The number of rotatable bonds is 4. The Morgan fingerprint density at radius 2 is 2.29 bits per heavy atom. The molecule has 1 aliphatic rings. The second-order valence-electron chi connectivity index (χ2n) is 4.19. The smallest absolute Gasteiger partial charge is 0.251 e. The molecule has 1 amide bonds. The van der Waals surface area contributed by atoms with Gasteiger partial charge in [-0.2, -0.15) is 0 Å². The van der Waals surface area contributed by atoms with E-state index in [1.165, 1.54) is 12.1 Å². The molecule has 92 valence electrons. The summed E-state index contributed by atoms with van der Waals surface area (Å²) in [6, 6.07) is 4.30. The Balaban J connectivity index is 1.92. The highest BCUT2D eigenvalue weighted by molar-refractivity contribution is 9.10. The lowest BCUT2D eigenvalue weighted by atomic mass is 10.2. The topological polar surface area (TPSA) is 29.1 Å². The van der Waals surface area contributed by atoms with Gasteiger partial charge in [0.15, 0.2) is 0 Å². The summed E-state index contributed by atoms with van der Waals surface area (Å²) in [5.41, 5.74) is 0.311. The van der Waals surface area contributed by atoms with E-state index in [9.17, 15) is 9.18 Å². The van der Waals surface area contributed by atoms with Gasteiger partial charge in [-0.15, -0.1) is 11.6 Å². The summed E-state index contributed by atoms with van der Waals surface area (Å²) in [4.78, 5) is 11.7. The van der Waals surface area contributed by atoms with Crippen LogP contribution in [0.2, 0.25) is 0 Å². The first-order valence-corrected chi connectivity index (χ1v) is 6.68. The number of hydrogen-bond donors (Lipinski definition) is 1. The van der Waals surface area contributed by atoms with Crippen LogP contribution in [0.25, 0.3) is 0 Å². The van der Waals surface area contributed by atoms with Gasteiger partial charge in [0.1, 0.15) is 5.82 Å². The van der Waals surface area contributed by atoms with E-state index in [0.29, 0.717) is 22.5 Å². The van der Waals surface area contributed by atoms with Gasteiger partial charge in [0, 0.05) is 12.1 Å². The van der Waals surface area contributed by atoms with E-state index in [1.807, 2.05) is 0 Å². The van der Waals surface area contributed by atoms with Crippen LogP contribution < -0.4 is 5.32 Å². The van der Waals surface area contributed by atoms with Crippen LogP contribution in [0, 0.1) is 11.7 Å². The van der Waals surface area contributed by atoms with Crippen molar-refractivity contribution in [2.75, 3.05) is 6.54 Å². The standard InChI is InChI=1S/C12H12BrClFNO/c13-9-4-3-8(5-11(9)15)12(17)16-6-10(14)7-1-2-7/h3-5,7,10H,1-2,6H2,(H,16,17). The number of nitrogens with one attached hydrogen (secondary N) is 1. The molecule has 0 saturated heterocycles. The van der Waals surface area contributed by atoms with Crippen molar-refractivity contribution in [1.82, 2.24) is 5.32 Å². The maximum absolute atomic E-state index is 13.2. The Kier molecular flexibility index (Phi) is 4.05. The maximum Gasteiger partial charge on any atom is 0.251 e. The van der Waals surface area contributed by atoms with Gasteiger partial charge in [-0.3, -0.25) is 4.79 Å². The molecule has 0 aromatic heterocycles. The van der Waals surface area contributed by atoms with E-state index in [4.69, 9.17) is 11.6 Å². The fourth-order valence-corrected chi connectivity index (χ4v) is 2.13. The number of amides is 1. The van der Waals surface area contributed by atoms with Gasteiger partial charge in [0.2, 0.25) is 0 Å². The minimum atomic E-state index is -0.442. The Morgan fingerprint density at radius 3 is 2.88 bits per heavy atom. The Morgan fingerprint density at radius 1 is 1.59 bits per heavy atom. The Labute approximate surface area is 113 Å². The minimum absolute atomic E-state index is 0.0146. The molecule has 0 bridgehead atoms. The van der Waals surface area contributed by atoms with Crippen molar-refractivity contribution in [3.05, 3.63) is 34.1 Å². The van der Waals surface area contributed by atoms with Crippen LogP contribution in [-0.2, 0) is 0 Å². The lowest BCUT2D eigenvalue weighted by Gasteiger charge is -2.09. The summed E-state index contributed by atoms with van der Waals surface area (Å²) < 4.78 is 13.6. The predicted octanol–water partition coefficient (Wildman–Crippen LogP) is 3.34. The highest BCUT2D eigenvalue weighted by atomic mass is 79.9. The lowest BCUT2D eigenvalue weighted by molar-refractivity contribution is 0.0952. The molecule has 1 aliphatic carbocycles. The molecular weight excluding hydrogens is 308 g/mol. The highest BCUT2D eigenvalue weighted by Gasteiger charge is 2.29. The quantitative estimate of drug-likeness (QED) is 0.847. The van der Waals surface area contributed by atoms with Gasteiger partial charge >= 0.3 is 0 Å². The van der Waals surface area contributed by atoms with Crippen molar-refractivity contribution in [3.63, 3.8) is 0 Å². The first-order valence-electron chi connectivity index (χ1n) is 5.45. The highest BCUT2D eigenvalue weighted by Crippen LogP contribution is 2.35. The number of halogens is 3. The van der Waals surface area contributed by atoms with E-state index in [1.54, 1.807) is 6.07 Å². The number of benzene rings is 1. The summed E-state index contributed by atoms with van der Waals surface area (Å²) in [6.07, 6.45) is 2.27. The molecule has 1 aromatic rings. The zero-order valence-corrected chi connectivity index (χ0v) is 11.4. The first-order chi connectivity index (χ1) is 8.08. The SMILES string of the molecule is O=C(NCC(Cl)C1CC1)c1ccc(Br)c(F)c1. The summed E-state index contributed by atoms with van der Waals surface area (Å²) in [5, 5.41) is 2.70. The molecule has 0 aliphatic heterocycles. The number of carbonyl (C=O) groups is 1. The minimum Gasteiger partial charge on any atom is -0.351 e. The van der Waals surface area contributed by atoms with Crippen LogP contribution in [0.3, 0.4) is 0 Å². The summed E-state index contributed by atoms with van der Waals surface area (Å²) in [5.74, 6) is -0.205. The molecule has 0 radical (unpaired) electrons. The molecule has 0 heterocycles. The normalized spacial score (nSPS) is 16.6. The van der Waals surface area contributed by atoms with Crippen molar-refractivity contribution in [1.29, 1.82) is 0 Å². The van der Waals surface area contributed by atoms with Crippen molar-refractivity contribution >= 4 is 33.4 Å². The third-order valence-corrected chi connectivity index (χ3v) is 3.93. The molecule has 1 unspecified atom stereocenters. The molecule has 1 atom stereocenters. The fourth-order valence-electron chi connectivity index (χ4n) is 1.55. The van der Waals surface area contributed by atoms with Crippen LogP contribution in [-0.4, -0.2) is 17.8 Å². The number of hydrogen-bond acceptors (Lipinski definition) is 1.